The van der Waals surface area contributed by atoms with Crippen molar-refractivity contribution in [1.29, 1.82) is 0 Å². The molecule has 1 aliphatic rings. The average molecular weight is 447 g/mol. The van der Waals surface area contributed by atoms with Crippen LogP contribution >= 0.6 is 15.9 Å². The van der Waals surface area contributed by atoms with Crippen molar-refractivity contribution in [2.45, 2.75) is 6.42 Å². The third-order valence-corrected chi connectivity index (χ3v) is 4.71. The number of hydrogen-bond donors (Lipinski definition) is 1. The molecule has 28 heavy (non-hydrogen) atoms. The minimum absolute atomic E-state index is 0.0521. The molecule has 8 heteroatoms. The summed E-state index contributed by atoms with van der Waals surface area (Å²) in [6.07, 6.45) is 1.72. The topological polar surface area (TPSA) is 75.7 Å². The summed E-state index contributed by atoms with van der Waals surface area (Å²) in [5.74, 6) is -1.35. The van der Waals surface area contributed by atoms with Crippen molar-refractivity contribution in [1.82, 2.24) is 10.2 Å². The molecule has 6 nitrogen and oxygen atoms in total. The number of imide groups is 2. The molecular weight excluding hydrogens is 431 g/mol. The molecule has 3 rings (SSSR count). The van der Waals surface area contributed by atoms with Crippen LogP contribution in [0.2, 0.25) is 0 Å². The van der Waals surface area contributed by atoms with E-state index in [0.717, 1.165) is 14.9 Å². The van der Waals surface area contributed by atoms with Gasteiger partial charge in [0.2, 0.25) is 0 Å². The van der Waals surface area contributed by atoms with Gasteiger partial charge in [-0.1, -0.05) is 28.1 Å². The minimum atomic E-state index is -0.782. The highest BCUT2D eigenvalue weighted by Gasteiger charge is 2.35. The van der Waals surface area contributed by atoms with Crippen LogP contribution < -0.4 is 10.1 Å². The van der Waals surface area contributed by atoms with Gasteiger partial charge in [-0.15, -0.1) is 0 Å². The Morgan fingerprint density at radius 3 is 2.54 bits per heavy atom. The van der Waals surface area contributed by atoms with Gasteiger partial charge in [-0.3, -0.25) is 19.8 Å². The van der Waals surface area contributed by atoms with E-state index >= 15 is 0 Å². The lowest BCUT2D eigenvalue weighted by molar-refractivity contribution is -0.130. The van der Waals surface area contributed by atoms with Crippen molar-refractivity contribution in [2.75, 3.05) is 13.7 Å². The highest BCUT2D eigenvalue weighted by Crippen LogP contribution is 2.26. The van der Waals surface area contributed by atoms with E-state index in [-0.39, 0.29) is 17.9 Å². The fourth-order valence-corrected chi connectivity index (χ4v) is 3.14. The third kappa shape index (κ3) is 4.28. The van der Waals surface area contributed by atoms with E-state index in [4.69, 9.17) is 4.74 Å². The van der Waals surface area contributed by atoms with E-state index in [2.05, 4.69) is 21.2 Å². The third-order valence-electron chi connectivity index (χ3n) is 4.21. The number of nitrogens with zero attached hydrogens (tertiary/aromatic N) is 1. The number of nitrogens with one attached hydrogen (secondary N) is 1. The van der Waals surface area contributed by atoms with E-state index < -0.39 is 17.8 Å². The summed E-state index contributed by atoms with van der Waals surface area (Å²) < 4.78 is 19.0. The van der Waals surface area contributed by atoms with Gasteiger partial charge in [-0.2, -0.15) is 0 Å². The Labute approximate surface area is 169 Å². The molecule has 0 aliphatic carbocycles. The van der Waals surface area contributed by atoms with Gasteiger partial charge in [0.25, 0.3) is 11.8 Å². The molecule has 2 aromatic carbocycles. The molecule has 0 spiro atoms. The summed E-state index contributed by atoms with van der Waals surface area (Å²) in [6, 6.07) is 10.2. The monoisotopic (exact) mass is 446 g/mol. The zero-order valence-electron chi connectivity index (χ0n) is 14.9. The summed E-state index contributed by atoms with van der Waals surface area (Å²) in [7, 11) is 1.48. The second-order valence-electron chi connectivity index (χ2n) is 6.04. The minimum Gasteiger partial charge on any atom is -0.496 e. The Morgan fingerprint density at radius 2 is 1.86 bits per heavy atom. The Hall–Kier alpha value is -3.00. The van der Waals surface area contributed by atoms with Crippen LogP contribution in [0.5, 0.6) is 5.75 Å². The molecule has 0 saturated carbocycles. The van der Waals surface area contributed by atoms with Gasteiger partial charge in [0.15, 0.2) is 0 Å². The fraction of sp³-hybridized carbons (Fsp3) is 0.150. The fourth-order valence-electron chi connectivity index (χ4n) is 2.76. The first-order valence-electron chi connectivity index (χ1n) is 8.36. The lowest BCUT2D eigenvalue weighted by Crippen LogP contribution is -2.54. The summed E-state index contributed by atoms with van der Waals surface area (Å²) in [5, 5.41) is 2.17. The number of methoxy groups -OCH3 is 1. The largest absolute Gasteiger partial charge is 0.496 e. The van der Waals surface area contributed by atoms with Crippen molar-refractivity contribution in [3.8, 4) is 5.75 Å². The van der Waals surface area contributed by atoms with E-state index in [0.29, 0.717) is 17.7 Å². The number of ether oxygens (including phenoxy) is 1. The van der Waals surface area contributed by atoms with Gasteiger partial charge < -0.3 is 4.74 Å². The molecule has 0 unspecified atom stereocenters. The van der Waals surface area contributed by atoms with Crippen molar-refractivity contribution < 1.29 is 23.5 Å². The quantitative estimate of drug-likeness (QED) is 0.564. The molecule has 1 fully saturated rings. The zero-order chi connectivity index (χ0) is 20.3. The molecule has 144 valence electrons. The molecule has 0 radical (unpaired) electrons. The Balaban J connectivity index is 1.85. The van der Waals surface area contributed by atoms with E-state index in [1.165, 1.54) is 25.3 Å². The molecule has 1 aliphatic heterocycles. The van der Waals surface area contributed by atoms with Crippen molar-refractivity contribution >= 4 is 39.9 Å². The van der Waals surface area contributed by atoms with Gasteiger partial charge in [0.1, 0.15) is 17.1 Å². The van der Waals surface area contributed by atoms with E-state index in [1.54, 1.807) is 30.3 Å². The van der Waals surface area contributed by atoms with Gasteiger partial charge in [0, 0.05) is 16.6 Å². The van der Waals surface area contributed by atoms with Crippen LogP contribution in [0.25, 0.3) is 6.08 Å². The smallest absolute Gasteiger partial charge is 0.331 e. The van der Waals surface area contributed by atoms with Crippen molar-refractivity contribution in [2.24, 2.45) is 0 Å². The highest BCUT2D eigenvalue weighted by atomic mass is 79.9. The van der Waals surface area contributed by atoms with Crippen LogP contribution in [0.1, 0.15) is 11.1 Å². The summed E-state index contributed by atoms with van der Waals surface area (Å²) in [5.41, 5.74) is 1.11. The number of urea groups is 1. The molecule has 0 atom stereocenters. The Bertz CT molecular complexity index is 973. The van der Waals surface area contributed by atoms with Crippen LogP contribution in [0.4, 0.5) is 9.18 Å². The molecule has 4 amide bonds. The predicted molar refractivity (Wildman–Crippen MR) is 104 cm³/mol. The molecule has 2 aromatic rings. The van der Waals surface area contributed by atoms with Gasteiger partial charge in [-0.05, 0) is 48.4 Å². The standard InChI is InChI=1S/C20H16BrFN2O4/c1-28-17-7-4-14(21)10-13(17)11-16-18(25)23-20(27)24(19(16)26)9-8-12-2-5-15(22)6-3-12/h2-7,10-11H,8-9H2,1H3,(H,23,25,27)/b16-11-. The molecule has 1 heterocycles. The molecule has 0 aromatic heterocycles. The van der Waals surface area contributed by atoms with E-state index in [9.17, 15) is 18.8 Å². The molecular formula is C20H16BrFN2O4. The maximum absolute atomic E-state index is 13.0. The number of barbiturate groups is 1. The summed E-state index contributed by atoms with van der Waals surface area (Å²) >= 11 is 3.34. The normalized spacial score (nSPS) is 15.8. The second-order valence-corrected chi connectivity index (χ2v) is 6.95. The maximum atomic E-state index is 13.0. The second kappa shape index (κ2) is 8.35. The molecule has 0 bridgehead atoms. The lowest BCUT2D eigenvalue weighted by Gasteiger charge is -2.26. The van der Waals surface area contributed by atoms with Crippen LogP contribution in [-0.2, 0) is 16.0 Å². The average Bonchev–Trinajstić information content (AvgIpc) is 2.66. The van der Waals surface area contributed by atoms with Crippen LogP contribution in [0, 0.1) is 5.82 Å². The predicted octanol–water partition coefficient (Wildman–Crippen LogP) is 3.30. The number of halogens is 2. The number of rotatable bonds is 5. The van der Waals surface area contributed by atoms with E-state index in [1.807, 2.05) is 0 Å². The first-order chi connectivity index (χ1) is 13.4. The maximum Gasteiger partial charge on any atom is 0.331 e. The van der Waals surface area contributed by atoms with Gasteiger partial charge in [0.05, 0.1) is 7.11 Å². The number of benzene rings is 2. The number of carbonyl (C=O) groups excluding carboxylic acids is 3. The summed E-state index contributed by atoms with van der Waals surface area (Å²) in [6.45, 7) is 0.0521. The number of hydrogen-bond acceptors (Lipinski definition) is 4. The van der Waals surface area contributed by atoms with Crippen molar-refractivity contribution in [3.63, 3.8) is 0 Å². The Morgan fingerprint density at radius 1 is 1.14 bits per heavy atom. The van der Waals surface area contributed by atoms with Crippen LogP contribution in [0.3, 0.4) is 0 Å². The summed E-state index contributed by atoms with van der Waals surface area (Å²) in [4.78, 5) is 38.1. The first-order valence-corrected chi connectivity index (χ1v) is 9.15. The molecule has 1 N–H and O–H groups in total. The van der Waals surface area contributed by atoms with Crippen LogP contribution in [-0.4, -0.2) is 36.4 Å². The zero-order valence-corrected chi connectivity index (χ0v) is 16.5. The Kier molecular flexibility index (Phi) is 5.89. The highest BCUT2D eigenvalue weighted by molar-refractivity contribution is 9.10. The molecule has 1 saturated heterocycles. The lowest BCUT2D eigenvalue weighted by atomic mass is 10.1. The SMILES string of the molecule is COc1ccc(Br)cc1/C=C1/C(=O)NC(=O)N(CCc2ccc(F)cc2)C1=O. The number of carbonyl (C=O) groups is 3. The van der Waals surface area contributed by atoms with Crippen molar-refractivity contribution in [3.05, 3.63) is 69.5 Å². The number of amides is 4. The van der Waals surface area contributed by atoms with Crippen LogP contribution in [0.15, 0.2) is 52.5 Å². The van der Waals surface area contributed by atoms with Gasteiger partial charge in [-0.25, -0.2) is 9.18 Å². The first kappa shape index (κ1) is 19.8. The van der Waals surface area contributed by atoms with Gasteiger partial charge >= 0.3 is 6.03 Å².